The molecular weight excluding hydrogens is 446 g/mol. The van der Waals surface area contributed by atoms with Gasteiger partial charge in [0.2, 0.25) is 5.95 Å². The summed E-state index contributed by atoms with van der Waals surface area (Å²) >= 11 is 0. The molecule has 3 atom stereocenters. The number of likely N-dealkylation sites (tertiary alicyclic amines) is 1. The normalized spacial score (nSPS) is 20.5. The quantitative estimate of drug-likeness (QED) is 0.317. The summed E-state index contributed by atoms with van der Waals surface area (Å²) in [7, 11) is 1.69. The second-order valence-corrected chi connectivity index (χ2v) is 9.52. The second-order valence-electron chi connectivity index (χ2n) is 9.52. The summed E-state index contributed by atoms with van der Waals surface area (Å²) in [4.78, 5) is 16.1. The molecule has 0 radical (unpaired) electrons. The average molecular weight is 482 g/mol. The van der Waals surface area contributed by atoms with Crippen LogP contribution in [0.2, 0.25) is 0 Å². The minimum Gasteiger partial charge on any atom is -0.496 e. The fourth-order valence-electron chi connectivity index (χ4n) is 5.33. The van der Waals surface area contributed by atoms with E-state index >= 15 is 0 Å². The summed E-state index contributed by atoms with van der Waals surface area (Å²) in [6, 6.07) is 3.33. The fraction of sp³-hybridized carbons (Fsp3) is 0.583. The van der Waals surface area contributed by atoms with Crippen molar-refractivity contribution >= 4 is 22.8 Å². The predicted molar refractivity (Wildman–Crippen MR) is 134 cm³/mol. The standard InChI is InChI=1S/C24H35N9O2/c1-3-4-16(5-6-34)29-23-22-20(30-24(25)31-23)11-28-33(22)12-15-9-26-18(8-21(15)35-2)14-32-13-17-7-19(32)10-27-17/h8-9,11,16-17,19,27,34H,3-7,10,12-14H2,1-2H3,(H3,25,29,30,31)/t16-,17-,19-/m0/s1. The van der Waals surface area contributed by atoms with Crippen LogP contribution in [0.1, 0.15) is 43.9 Å². The molecule has 188 valence electrons. The Bertz CT molecular complexity index is 1160. The molecule has 5 N–H and O–H groups in total. The number of hydrogen-bond donors (Lipinski definition) is 4. The maximum atomic E-state index is 9.48. The number of ether oxygens (including phenoxy) is 1. The summed E-state index contributed by atoms with van der Waals surface area (Å²) in [5, 5.41) is 21.0. The van der Waals surface area contributed by atoms with Gasteiger partial charge in [0.15, 0.2) is 5.82 Å². The zero-order valence-corrected chi connectivity index (χ0v) is 20.4. The molecule has 3 aromatic heterocycles. The van der Waals surface area contributed by atoms with Gasteiger partial charge in [-0.25, -0.2) is 4.98 Å². The maximum Gasteiger partial charge on any atom is 0.222 e. The number of fused-ring (bicyclic) bond motifs is 3. The molecule has 0 amide bonds. The topological polar surface area (TPSA) is 139 Å². The third-order valence-electron chi connectivity index (χ3n) is 7.04. The molecule has 5 heterocycles. The van der Waals surface area contributed by atoms with Gasteiger partial charge in [0.1, 0.15) is 16.8 Å². The maximum absolute atomic E-state index is 9.48. The van der Waals surface area contributed by atoms with Gasteiger partial charge in [-0.15, -0.1) is 0 Å². The Hall–Kier alpha value is -3.02. The van der Waals surface area contributed by atoms with Crippen LogP contribution in [0, 0.1) is 0 Å². The molecular formula is C24H35N9O2. The molecule has 0 spiro atoms. The van der Waals surface area contributed by atoms with Crippen LogP contribution in [0.4, 0.5) is 11.8 Å². The van der Waals surface area contributed by atoms with E-state index in [-0.39, 0.29) is 18.6 Å². The minimum atomic E-state index is 0.0809. The third-order valence-corrected chi connectivity index (χ3v) is 7.04. The predicted octanol–water partition coefficient (Wildman–Crippen LogP) is 1.37. The van der Waals surface area contributed by atoms with Crippen molar-refractivity contribution in [2.45, 2.75) is 63.8 Å². The van der Waals surface area contributed by atoms with E-state index in [0.717, 1.165) is 55.0 Å². The molecule has 11 nitrogen and oxygen atoms in total. The molecule has 0 unspecified atom stereocenters. The van der Waals surface area contributed by atoms with Gasteiger partial charge >= 0.3 is 0 Å². The highest BCUT2D eigenvalue weighted by atomic mass is 16.5. The van der Waals surface area contributed by atoms with Crippen LogP contribution in [0.25, 0.3) is 11.0 Å². The number of anilines is 2. The summed E-state index contributed by atoms with van der Waals surface area (Å²) in [5.41, 5.74) is 9.34. The van der Waals surface area contributed by atoms with E-state index in [1.807, 2.05) is 16.9 Å². The van der Waals surface area contributed by atoms with Crippen molar-refractivity contribution in [1.82, 2.24) is 34.9 Å². The molecule has 5 rings (SSSR count). The zero-order valence-electron chi connectivity index (χ0n) is 20.4. The first-order valence-corrected chi connectivity index (χ1v) is 12.4. The van der Waals surface area contributed by atoms with Crippen molar-refractivity contribution in [2.24, 2.45) is 0 Å². The number of methoxy groups -OCH3 is 1. The van der Waals surface area contributed by atoms with Crippen molar-refractivity contribution in [2.75, 3.05) is 37.9 Å². The smallest absolute Gasteiger partial charge is 0.222 e. The Kier molecular flexibility index (Phi) is 6.98. The number of aromatic nitrogens is 5. The Morgan fingerprint density at radius 3 is 2.89 bits per heavy atom. The molecule has 3 aromatic rings. The molecule has 0 aliphatic carbocycles. The van der Waals surface area contributed by atoms with Crippen LogP contribution < -0.4 is 21.1 Å². The van der Waals surface area contributed by atoms with Crippen LogP contribution in [0.15, 0.2) is 18.5 Å². The number of aliphatic hydroxyl groups is 1. The van der Waals surface area contributed by atoms with E-state index in [1.165, 1.54) is 6.42 Å². The van der Waals surface area contributed by atoms with Crippen molar-refractivity contribution in [1.29, 1.82) is 0 Å². The van der Waals surface area contributed by atoms with Gasteiger partial charge in [-0.2, -0.15) is 10.1 Å². The third kappa shape index (κ3) is 5.02. The van der Waals surface area contributed by atoms with Crippen molar-refractivity contribution in [3.63, 3.8) is 0 Å². The summed E-state index contributed by atoms with van der Waals surface area (Å²) in [6.07, 6.45) is 7.33. The first-order chi connectivity index (χ1) is 17.1. The summed E-state index contributed by atoms with van der Waals surface area (Å²) < 4.78 is 7.59. The molecule has 11 heteroatoms. The van der Waals surface area contributed by atoms with Crippen molar-refractivity contribution in [3.8, 4) is 5.75 Å². The van der Waals surface area contributed by atoms with Crippen LogP contribution in [-0.4, -0.2) is 79.7 Å². The number of nitrogens with zero attached hydrogens (tertiary/aromatic N) is 6. The molecule has 2 fully saturated rings. The minimum absolute atomic E-state index is 0.0809. The van der Waals surface area contributed by atoms with Gasteiger partial charge in [0.05, 0.1) is 25.5 Å². The van der Waals surface area contributed by atoms with Crippen LogP contribution >= 0.6 is 0 Å². The number of hydrogen-bond acceptors (Lipinski definition) is 10. The molecule has 35 heavy (non-hydrogen) atoms. The second kappa shape index (κ2) is 10.3. The monoisotopic (exact) mass is 481 g/mol. The fourth-order valence-corrected chi connectivity index (χ4v) is 5.33. The Labute approximate surface area is 205 Å². The number of piperazine rings is 1. The van der Waals surface area contributed by atoms with Crippen LogP contribution in [0.5, 0.6) is 5.75 Å². The van der Waals surface area contributed by atoms with Gasteiger partial charge in [0, 0.05) is 62.2 Å². The van der Waals surface area contributed by atoms with Gasteiger partial charge in [-0.05, 0) is 19.3 Å². The molecule has 0 saturated carbocycles. The van der Waals surface area contributed by atoms with Gasteiger partial charge in [-0.1, -0.05) is 13.3 Å². The van der Waals surface area contributed by atoms with Crippen molar-refractivity contribution < 1.29 is 9.84 Å². The summed E-state index contributed by atoms with van der Waals surface area (Å²) in [6.45, 7) is 5.64. The number of rotatable bonds is 11. The number of nitrogens with one attached hydrogen (secondary N) is 2. The van der Waals surface area contributed by atoms with Crippen LogP contribution in [0.3, 0.4) is 0 Å². The van der Waals surface area contributed by atoms with Gasteiger partial charge in [0.25, 0.3) is 0 Å². The molecule has 2 saturated heterocycles. The number of aliphatic hydroxyl groups excluding tert-OH is 1. The highest BCUT2D eigenvalue weighted by Crippen LogP contribution is 2.28. The van der Waals surface area contributed by atoms with Gasteiger partial charge < -0.3 is 26.2 Å². The summed E-state index contributed by atoms with van der Waals surface area (Å²) in [5.74, 6) is 1.60. The Balaban J connectivity index is 1.39. The molecule has 2 aliphatic rings. The zero-order chi connectivity index (χ0) is 24.4. The molecule has 2 aliphatic heterocycles. The lowest BCUT2D eigenvalue weighted by Crippen LogP contribution is -2.43. The van der Waals surface area contributed by atoms with E-state index in [2.05, 4.69) is 37.5 Å². The highest BCUT2D eigenvalue weighted by Gasteiger charge is 2.37. The highest BCUT2D eigenvalue weighted by molar-refractivity contribution is 5.86. The molecule has 0 aromatic carbocycles. The van der Waals surface area contributed by atoms with Crippen molar-refractivity contribution in [3.05, 3.63) is 29.7 Å². The van der Waals surface area contributed by atoms with E-state index in [9.17, 15) is 5.11 Å². The van der Waals surface area contributed by atoms with E-state index in [1.54, 1.807) is 13.3 Å². The van der Waals surface area contributed by atoms with Crippen LogP contribution in [-0.2, 0) is 13.1 Å². The Morgan fingerprint density at radius 2 is 2.17 bits per heavy atom. The number of nitrogen functional groups attached to an aromatic ring is 1. The first kappa shape index (κ1) is 23.7. The lowest BCUT2D eigenvalue weighted by Gasteiger charge is -2.27. The number of nitrogens with two attached hydrogens (primary N) is 1. The van der Waals surface area contributed by atoms with E-state index in [0.29, 0.717) is 36.4 Å². The SMILES string of the molecule is CCC[C@@H](CCO)Nc1nc(N)nc2cnn(Cc3cnc(CN4C[C@@H]5C[C@H]4CN5)cc3OC)c12. The largest absolute Gasteiger partial charge is 0.496 e. The average Bonchev–Trinajstić information content (AvgIpc) is 3.56. The first-order valence-electron chi connectivity index (χ1n) is 12.4. The van der Waals surface area contributed by atoms with Gasteiger partial charge in [-0.3, -0.25) is 14.6 Å². The molecule has 2 bridgehead atoms. The lowest BCUT2D eigenvalue weighted by atomic mass is 10.1. The van der Waals surface area contributed by atoms with E-state index < -0.39 is 0 Å². The number of pyridine rings is 1. The Morgan fingerprint density at radius 1 is 1.29 bits per heavy atom. The van der Waals surface area contributed by atoms with E-state index in [4.69, 9.17) is 15.5 Å². The lowest BCUT2D eigenvalue weighted by molar-refractivity contribution is 0.215.